The Kier molecular flexibility index (Phi) is 5.70. The van der Waals surface area contributed by atoms with Crippen molar-refractivity contribution in [1.82, 2.24) is 25.1 Å². The molecule has 0 bridgehead atoms. The van der Waals surface area contributed by atoms with Gasteiger partial charge in [-0.1, -0.05) is 23.9 Å². The van der Waals surface area contributed by atoms with Gasteiger partial charge < -0.3 is 9.88 Å². The monoisotopic (exact) mass is 375 g/mol. The first-order valence-electron chi connectivity index (χ1n) is 8.19. The van der Waals surface area contributed by atoms with Crippen LogP contribution in [0.3, 0.4) is 0 Å². The number of thioether (sulfide) groups is 1. The van der Waals surface area contributed by atoms with Gasteiger partial charge in [0.05, 0.1) is 21.0 Å². The third kappa shape index (κ3) is 4.58. The molecule has 3 rings (SSSR count). The van der Waals surface area contributed by atoms with E-state index in [-0.39, 0.29) is 18.0 Å². The van der Waals surface area contributed by atoms with Gasteiger partial charge in [-0.3, -0.25) is 4.79 Å². The normalized spacial score (nSPS) is 12.6. The fourth-order valence-corrected chi connectivity index (χ4v) is 4.41. The van der Waals surface area contributed by atoms with E-state index in [1.54, 1.807) is 17.7 Å². The summed E-state index contributed by atoms with van der Waals surface area (Å²) in [5.41, 5.74) is 1.02. The molecule has 1 N–H and O–H groups in total. The zero-order chi connectivity index (χ0) is 17.8. The van der Waals surface area contributed by atoms with E-state index < -0.39 is 0 Å². The summed E-state index contributed by atoms with van der Waals surface area (Å²) >= 11 is 3.09. The van der Waals surface area contributed by atoms with Crippen LogP contribution in [0, 0.1) is 0 Å². The number of hydrogen-bond acceptors (Lipinski definition) is 6. The van der Waals surface area contributed by atoms with Crippen LogP contribution >= 0.6 is 23.1 Å². The smallest absolute Gasteiger partial charge is 0.230 e. The highest BCUT2D eigenvalue weighted by molar-refractivity contribution is 7.99. The molecule has 2 heterocycles. The van der Waals surface area contributed by atoms with Crippen molar-refractivity contribution in [2.24, 2.45) is 0 Å². The minimum atomic E-state index is -0.00285. The fourth-order valence-electron chi connectivity index (χ4n) is 2.46. The number of carbonyl (C=O) groups is 1. The van der Waals surface area contributed by atoms with Crippen LogP contribution in [0.2, 0.25) is 0 Å². The third-order valence-corrected chi connectivity index (χ3v) is 5.67. The van der Waals surface area contributed by atoms with E-state index in [0.29, 0.717) is 5.75 Å². The molecule has 1 unspecified atom stereocenters. The number of benzene rings is 1. The Morgan fingerprint density at radius 1 is 1.32 bits per heavy atom. The van der Waals surface area contributed by atoms with Gasteiger partial charge in [-0.2, -0.15) is 0 Å². The molecular formula is C17H21N5OS2. The third-order valence-electron chi connectivity index (χ3n) is 3.66. The molecule has 1 amide bonds. The summed E-state index contributed by atoms with van der Waals surface area (Å²) in [6, 6.07) is 8.41. The molecule has 0 fully saturated rings. The van der Waals surface area contributed by atoms with Gasteiger partial charge in [-0.15, -0.1) is 21.5 Å². The molecule has 6 nitrogen and oxygen atoms in total. The standard InChI is InChI=1S/C17H21N5OS2/c1-11(2)22-10-18-21-17(22)24-9-15(23)19-12(3)8-16-20-13-6-4-5-7-14(13)25-16/h4-7,10-12H,8-9H2,1-3H3,(H,19,23). The number of nitrogens with zero attached hydrogens (tertiary/aromatic N) is 4. The van der Waals surface area contributed by atoms with Crippen LogP contribution in [-0.2, 0) is 11.2 Å². The molecule has 25 heavy (non-hydrogen) atoms. The summed E-state index contributed by atoms with van der Waals surface area (Å²) < 4.78 is 3.14. The topological polar surface area (TPSA) is 72.7 Å². The van der Waals surface area contributed by atoms with Crippen molar-refractivity contribution in [2.45, 2.75) is 44.4 Å². The second-order valence-electron chi connectivity index (χ2n) is 6.15. The molecule has 0 saturated carbocycles. The first-order valence-corrected chi connectivity index (χ1v) is 9.99. The molecule has 3 aromatic rings. The summed E-state index contributed by atoms with van der Waals surface area (Å²) in [7, 11) is 0. The molecule has 1 aromatic carbocycles. The van der Waals surface area contributed by atoms with Crippen molar-refractivity contribution in [1.29, 1.82) is 0 Å². The van der Waals surface area contributed by atoms with Gasteiger partial charge in [0.15, 0.2) is 5.16 Å². The quantitative estimate of drug-likeness (QED) is 0.642. The van der Waals surface area contributed by atoms with Gasteiger partial charge in [-0.25, -0.2) is 4.98 Å². The first kappa shape index (κ1) is 17.9. The molecule has 0 saturated heterocycles. The van der Waals surface area contributed by atoms with E-state index in [0.717, 1.165) is 22.1 Å². The van der Waals surface area contributed by atoms with Crippen molar-refractivity contribution in [3.8, 4) is 0 Å². The first-order chi connectivity index (χ1) is 12.0. The lowest BCUT2D eigenvalue weighted by molar-refractivity contribution is -0.119. The van der Waals surface area contributed by atoms with Crippen molar-refractivity contribution < 1.29 is 4.79 Å². The van der Waals surface area contributed by atoms with E-state index in [2.05, 4.69) is 40.4 Å². The minimum absolute atomic E-state index is 0.00285. The maximum absolute atomic E-state index is 12.2. The fraction of sp³-hybridized carbons (Fsp3) is 0.412. The lowest BCUT2D eigenvalue weighted by atomic mass is 10.2. The van der Waals surface area contributed by atoms with E-state index in [1.165, 1.54) is 16.5 Å². The number of rotatable bonds is 7. The van der Waals surface area contributed by atoms with Crippen molar-refractivity contribution >= 4 is 39.2 Å². The molecule has 0 radical (unpaired) electrons. The van der Waals surface area contributed by atoms with E-state index in [4.69, 9.17) is 0 Å². The number of carbonyl (C=O) groups excluding carboxylic acids is 1. The zero-order valence-electron chi connectivity index (χ0n) is 14.5. The Balaban J connectivity index is 1.51. The molecule has 0 aliphatic rings. The Morgan fingerprint density at radius 3 is 2.88 bits per heavy atom. The largest absolute Gasteiger partial charge is 0.352 e. The summed E-state index contributed by atoms with van der Waals surface area (Å²) in [6.07, 6.45) is 2.43. The van der Waals surface area contributed by atoms with Crippen LogP contribution in [0.4, 0.5) is 0 Å². The Hall–Kier alpha value is -1.93. The molecular weight excluding hydrogens is 354 g/mol. The number of nitrogens with one attached hydrogen (secondary N) is 1. The molecule has 0 aliphatic heterocycles. The number of amides is 1. The van der Waals surface area contributed by atoms with Crippen molar-refractivity contribution in [2.75, 3.05) is 5.75 Å². The number of fused-ring (bicyclic) bond motifs is 1. The minimum Gasteiger partial charge on any atom is -0.352 e. The maximum atomic E-state index is 12.2. The Morgan fingerprint density at radius 2 is 2.12 bits per heavy atom. The van der Waals surface area contributed by atoms with Crippen LogP contribution in [0.15, 0.2) is 35.7 Å². The van der Waals surface area contributed by atoms with E-state index in [9.17, 15) is 4.79 Å². The molecule has 1 atom stereocenters. The number of para-hydroxylation sites is 1. The number of hydrogen-bond donors (Lipinski definition) is 1. The van der Waals surface area contributed by atoms with Crippen molar-refractivity contribution in [3.05, 3.63) is 35.6 Å². The zero-order valence-corrected chi connectivity index (χ0v) is 16.1. The van der Waals surface area contributed by atoms with Crippen molar-refractivity contribution in [3.63, 3.8) is 0 Å². The highest BCUT2D eigenvalue weighted by atomic mass is 32.2. The highest BCUT2D eigenvalue weighted by Gasteiger charge is 2.14. The predicted octanol–water partition coefficient (Wildman–Crippen LogP) is 3.31. The molecule has 132 valence electrons. The summed E-state index contributed by atoms with van der Waals surface area (Å²) in [4.78, 5) is 16.8. The van der Waals surface area contributed by atoms with Gasteiger partial charge in [0.1, 0.15) is 6.33 Å². The Bertz CT molecular complexity index is 824. The van der Waals surface area contributed by atoms with Crippen LogP contribution in [0.1, 0.15) is 31.8 Å². The maximum Gasteiger partial charge on any atom is 0.230 e. The van der Waals surface area contributed by atoms with Crippen LogP contribution in [-0.4, -0.2) is 37.5 Å². The second kappa shape index (κ2) is 7.97. The summed E-state index contributed by atoms with van der Waals surface area (Å²) in [6.45, 7) is 6.13. The second-order valence-corrected chi connectivity index (χ2v) is 8.21. The average molecular weight is 376 g/mol. The molecule has 0 aliphatic carbocycles. The van der Waals surface area contributed by atoms with Gasteiger partial charge in [0.2, 0.25) is 5.91 Å². The van der Waals surface area contributed by atoms with Gasteiger partial charge >= 0.3 is 0 Å². The lowest BCUT2D eigenvalue weighted by Crippen LogP contribution is -2.35. The highest BCUT2D eigenvalue weighted by Crippen LogP contribution is 2.22. The molecule has 0 spiro atoms. The average Bonchev–Trinajstić information content (AvgIpc) is 3.18. The number of thiazole rings is 1. The lowest BCUT2D eigenvalue weighted by Gasteiger charge is -2.13. The number of aromatic nitrogens is 4. The summed E-state index contributed by atoms with van der Waals surface area (Å²) in [5.74, 6) is 0.326. The van der Waals surface area contributed by atoms with Crippen LogP contribution in [0.25, 0.3) is 10.2 Å². The molecule has 2 aromatic heterocycles. The van der Waals surface area contributed by atoms with Gasteiger partial charge in [-0.05, 0) is 32.9 Å². The van der Waals surface area contributed by atoms with Gasteiger partial charge in [0.25, 0.3) is 0 Å². The Labute approximate surface area is 155 Å². The van der Waals surface area contributed by atoms with E-state index in [1.807, 2.05) is 29.7 Å². The van der Waals surface area contributed by atoms with Crippen LogP contribution < -0.4 is 5.32 Å². The SMILES string of the molecule is CC(Cc1nc2ccccc2s1)NC(=O)CSc1nncn1C(C)C. The predicted molar refractivity (Wildman–Crippen MR) is 102 cm³/mol. The van der Waals surface area contributed by atoms with Gasteiger partial charge in [0, 0.05) is 18.5 Å². The summed E-state index contributed by atoms with van der Waals surface area (Å²) in [5, 5.41) is 12.8. The van der Waals surface area contributed by atoms with Crippen LogP contribution in [0.5, 0.6) is 0 Å². The molecule has 8 heteroatoms. The van der Waals surface area contributed by atoms with E-state index >= 15 is 0 Å².